The number of fused-ring (bicyclic) bond motifs is 1. The van der Waals surface area contributed by atoms with Crippen molar-refractivity contribution in [2.45, 2.75) is 25.8 Å². The van der Waals surface area contributed by atoms with Gasteiger partial charge in [-0.15, -0.1) is 11.6 Å². The van der Waals surface area contributed by atoms with E-state index in [1.807, 2.05) is 24.3 Å². The van der Waals surface area contributed by atoms with Crippen LogP contribution >= 0.6 is 11.6 Å². The van der Waals surface area contributed by atoms with Gasteiger partial charge in [-0.1, -0.05) is 24.3 Å². The number of halogens is 2. The van der Waals surface area contributed by atoms with Gasteiger partial charge in [0, 0.05) is 23.6 Å². The van der Waals surface area contributed by atoms with Crippen LogP contribution in [0.25, 0.3) is 22.4 Å². The van der Waals surface area contributed by atoms with E-state index in [0.29, 0.717) is 11.4 Å². The molecule has 0 bridgehead atoms. The van der Waals surface area contributed by atoms with Gasteiger partial charge >= 0.3 is 0 Å². The Morgan fingerprint density at radius 1 is 1.14 bits per heavy atom. The van der Waals surface area contributed by atoms with Gasteiger partial charge in [-0.2, -0.15) is 0 Å². The second kappa shape index (κ2) is 5.49. The third kappa shape index (κ3) is 2.54. The molecule has 0 aliphatic heterocycles. The van der Waals surface area contributed by atoms with Gasteiger partial charge in [0.1, 0.15) is 11.6 Å². The highest BCUT2D eigenvalue weighted by molar-refractivity contribution is 6.17. The summed E-state index contributed by atoms with van der Waals surface area (Å²) < 4.78 is 15.5. The summed E-state index contributed by atoms with van der Waals surface area (Å²) >= 11 is 5.83. The number of nitrogens with zero attached hydrogens (tertiary/aromatic N) is 2. The highest BCUT2D eigenvalue weighted by Gasteiger charge is 2.15. The first-order chi connectivity index (χ1) is 10.1. The molecular formula is C17H16ClFN2. The van der Waals surface area contributed by atoms with E-state index >= 15 is 0 Å². The van der Waals surface area contributed by atoms with E-state index in [9.17, 15) is 4.39 Å². The number of hydrogen-bond acceptors (Lipinski definition) is 1. The van der Waals surface area contributed by atoms with Gasteiger partial charge in [-0.25, -0.2) is 9.37 Å². The lowest BCUT2D eigenvalue weighted by molar-refractivity contribution is 0.620. The van der Waals surface area contributed by atoms with Crippen molar-refractivity contribution in [3.63, 3.8) is 0 Å². The third-order valence-electron chi connectivity index (χ3n) is 3.53. The van der Waals surface area contributed by atoms with Crippen LogP contribution in [0.1, 0.15) is 25.5 Å². The molecule has 0 saturated heterocycles. The molecule has 2 aromatic carbocycles. The molecular weight excluding hydrogens is 287 g/mol. The topological polar surface area (TPSA) is 17.8 Å². The Bertz CT molecular complexity index is 775. The van der Waals surface area contributed by atoms with E-state index in [2.05, 4.69) is 23.4 Å². The van der Waals surface area contributed by atoms with Crippen LogP contribution in [0.4, 0.5) is 4.39 Å². The Morgan fingerprint density at radius 3 is 2.48 bits per heavy atom. The molecule has 0 fully saturated rings. The molecule has 0 aliphatic carbocycles. The maximum atomic E-state index is 13.4. The highest BCUT2D eigenvalue weighted by Crippen LogP contribution is 2.29. The Kier molecular flexibility index (Phi) is 3.68. The lowest BCUT2D eigenvalue weighted by Crippen LogP contribution is -2.03. The average Bonchev–Trinajstić information content (AvgIpc) is 2.85. The Hall–Kier alpha value is -1.87. The number of imidazole rings is 1. The molecule has 2 nitrogen and oxygen atoms in total. The van der Waals surface area contributed by atoms with Gasteiger partial charge in [0.15, 0.2) is 0 Å². The molecule has 3 rings (SSSR count). The summed E-state index contributed by atoms with van der Waals surface area (Å²) in [6.45, 7) is 4.20. The van der Waals surface area contributed by atoms with Crippen LogP contribution in [0.5, 0.6) is 0 Å². The maximum absolute atomic E-state index is 13.4. The van der Waals surface area contributed by atoms with Crippen molar-refractivity contribution in [3.8, 4) is 11.4 Å². The van der Waals surface area contributed by atoms with E-state index in [-0.39, 0.29) is 11.9 Å². The molecule has 1 aromatic heterocycles. The van der Waals surface area contributed by atoms with Crippen molar-refractivity contribution >= 4 is 22.6 Å². The van der Waals surface area contributed by atoms with Crippen LogP contribution in [0.15, 0.2) is 42.5 Å². The zero-order chi connectivity index (χ0) is 15.0. The van der Waals surface area contributed by atoms with Crippen LogP contribution in [0, 0.1) is 5.82 Å². The summed E-state index contributed by atoms with van der Waals surface area (Å²) in [6, 6.07) is 13.0. The van der Waals surface area contributed by atoms with E-state index in [4.69, 9.17) is 11.6 Å². The second-order valence-electron chi connectivity index (χ2n) is 5.36. The van der Waals surface area contributed by atoms with Crippen LogP contribution < -0.4 is 0 Å². The Balaban J connectivity index is 2.22. The van der Waals surface area contributed by atoms with Gasteiger partial charge in [0.2, 0.25) is 0 Å². The van der Waals surface area contributed by atoms with Gasteiger partial charge in [0.25, 0.3) is 0 Å². The first kappa shape index (κ1) is 14.1. The van der Waals surface area contributed by atoms with Crippen molar-refractivity contribution < 1.29 is 4.39 Å². The van der Waals surface area contributed by atoms with Gasteiger partial charge in [-0.05, 0) is 31.5 Å². The quantitative estimate of drug-likeness (QED) is 0.611. The van der Waals surface area contributed by atoms with E-state index in [1.165, 1.54) is 12.1 Å². The molecule has 0 unspecified atom stereocenters. The lowest BCUT2D eigenvalue weighted by Gasteiger charge is -2.13. The van der Waals surface area contributed by atoms with Crippen LogP contribution in [-0.4, -0.2) is 9.55 Å². The molecule has 4 heteroatoms. The molecule has 0 aliphatic rings. The summed E-state index contributed by atoms with van der Waals surface area (Å²) in [5, 5.41) is 0. The Labute approximate surface area is 128 Å². The molecule has 108 valence electrons. The first-order valence-electron chi connectivity index (χ1n) is 6.93. The third-order valence-corrected chi connectivity index (χ3v) is 3.84. The standard InChI is InChI=1S/C17H16ClFN2/c1-11(2)21-16-8-7-14(19)9-15(16)20-17(21)13-5-3-12(10-18)4-6-13/h3-9,11H,10H2,1-2H3. The SMILES string of the molecule is CC(C)n1c(-c2ccc(CCl)cc2)nc2cc(F)ccc21. The second-order valence-corrected chi connectivity index (χ2v) is 5.63. The molecule has 3 aromatic rings. The summed E-state index contributed by atoms with van der Waals surface area (Å²) in [7, 11) is 0. The summed E-state index contributed by atoms with van der Waals surface area (Å²) in [6.07, 6.45) is 0. The number of aromatic nitrogens is 2. The zero-order valence-corrected chi connectivity index (χ0v) is 12.7. The fourth-order valence-corrected chi connectivity index (χ4v) is 2.72. The van der Waals surface area contributed by atoms with Gasteiger partial charge < -0.3 is 4.57 Å². The van der Waals surface area contributed by atoms with Crippen molar-refractivity contribution in [1.82, 2.24) is 9.55 Å². The molecule has 0 saturated carbocycles. The van der Waals surface area contributed by atoms with Crippen molar-refractivity contribution in [2.75, 3.05) is 0 Å². The molecule has 0 spiro atoms. The molecule has 21 heavy (non-hydrogen) atoms. The van der Waals surface area contributed by atoms with E-state index in [1.54, 1.807) is 6.07 Å². The molecule has 1 heterocycles. The predicted molar refractivity (Wildman–Crippen MR) is 85.1 cm³/mol. The van der Waals surface area contributed by atoms with Crippen molar-refractivity contribution in [3.05, 3.63) is 53.8 Å². The minimum atomic E-state index is -0.264. The molecule has 0 radical (unpaired) electrons. The fraction of sp³-hybridized carbons (Fsp3) is 0.235. The van der Waals surface area contributed by atoms with Crippen LogP contribution in [0.3, 0.4) is 0 Å². The number of alkyl halides is 1. The predicted octanol–water partition coefficient (Wildman–Crippen LogP) is 5.16. The number of hydrogen-bond donors (Lipinski definition) is 0. The van der Waals surface area contributed by atoms with Crippen molar-refractivity contribution in [2.24, 2.45) is 0 Å². The van der Waals surface area contributed by atoms with Crippen molar-refractivity contribution in [1.29, 1.82) is 0 Å². The first-order valence-corrected chi connectivity index (χ1v) is 7.46. The normalized spacial score (nSPS) is 11.5. The summed E-state index contributed by atoms with van der Waals surface area (Å²) in [4.78, 5) is 4.61. The monoisotopic (exact) mass is 302 g/mol. The van der Waals surface area contributed by atoms with Crippen LogP contribution in [-0.2, 0) is 5.88 Å². The average molecular weight is 303 g/mol. The smallest absolute Gasteiger partial charge is 0.141 e. The highest BCUT2D eigenvalue weighted by atomic mass is 35.5. The minimum absolute atomic E-state index is 0.239. The summed E-state index contributed by atoms with van der Waals surface area (Å²) in [5.74, 6) is 1.08. The maximum Gasteiger partial charge on any atom is 0.141 e. The largest absolute Gasteiger partial charge is 0.321 e. The molecule has 0 amide bonds. The van der Waals surface area contributed by atoms with Crippen LogP contribution in [0.2, 0.25) is 0 Å². The molecule has 0 N–H and O–H groups in total. The lowest BCUT2D eigenvalue weighted by atomic mass is 10.1. The number of rotatable bonds is 3. The van der Waals surface area contributed by atoms with Gasteiger partial charge in [-0.3, -0.25) is 0 Å². The minimum Gasteiger partial charge on any atom is -0.321 e. The van der Waals surface area contributed by atoms with E-state index in [0.717, 1.165) is 22.5 Å². The summed E-state index contributed by atoms with van der Waals surface area (Å²) in [5.41, 5.74) is 3.70. The number of benzene rings is 2. The zero-order valence-electron chi connectivity index (χ0n) is 12.0. The van der Waals surface area contributed by atoms with Gasteiger partial charge in [0.05, 0.1) is 11.0 Å². The molecule has 0 atom stereocenters. The Morgan fingerprint density at radius 2 is 1.86 bits per heavy atom. The van der Waals surface area contributed by atoms with E-state index < -0.39 is 0 Å². The fourth-order valence-electron chi connectivity index (χ4n) is 2.54.